The first-order valence-corrected chi connectivity index (χ1v) is 8.99. The van der Waals surface area contributed by atoms with Crippen molar-refractivity contribution in [3.05, 3.63) is 48.0 Å². The molecule has 0 bridgehead atoms. The van der Waals surface area contributed by atoms with Crippen LogP contribution in [0.1, 0.15) is 12.5 Å². The van der Waals surface area contributed by atoms with Crippen LogP contribution in [0.2, 0.25) is 0 Å². The number of aromatic nitrogens is 2. The summed E-state index contributed by atoms with van der Waals surface area (Å²) in [6.07, 6.45) is 1.39. The van der Waals surface area contributed by atoms with E-state index in [-0.39, 0.29) is 23.2 Å². The third kappa shape index (κ3) is 3.97. The van der Waals surface area contributed by atoms with Gasteiger partial charge in [-0.3, -0.25) is 4.79 Å². The maximum Gasteiger partial charge on any atom is 0.250 e. The van der Waals surface area contributed by atoms with Crippen molar-refractivity contribution in [2.45, 2.75) is 18.6 Å². The number of carbonyl (C=O) groups excluding carboxylic acids is 1. The van der Waals surface area contributed by atoms with Gasteiger partial charge in [-0.2, -0.15) is 5.10 Å². The van der Waals surface area contributed by atoms with E-state index >= 15 is 0 Å². The fourth-order valence-corrected chi connectivity index (χ4v) is 3.30. The molecule has 0 atom stereocenters. The molecule has 0 unspecified atom stereocenters. The molecule has 1 amide bonds. The molecule has 0 aliphatic carbocycles. The summed E-state index contributed by atoms with van der Waals surface area (Å²) in [6.45, 7) is 2.81. The van der Waals surface area contributed by atoms with E-state index in [0.717, 1.165) is 22.7 Å². The zero-order valence-corrected chi connectivity index (χ0v) is 14.9. The minimum absolute atomic E-state index is 0.182. The van der Waals surface area contributed by atoms with Gasteiger partial charge in [-0.15, -0.1) is 0 Å². The number of imidazole rings is 1. The van der Waals surface area contributed by atoms with E-state index in [4.69, 9.17) is 0 Å². The second-order valence-electron chi connectivity index (χ2n) is 5.46. The number of hydrogen-bond acceptors (Lipinski definition) is 6. The van der Waals surface area contributed by atoms with Gasteiger partial charge in [-0.25, -0.2) is 10.4 Å². The second-order valence-corrected chi connectivity index (χ2v) is 6.40. The number of hydrogen-bond donors (Lipinski definition) is 3. The third-order valence-corrected chi connectivity index (χ3v) is 4.65. The molecular weight excluding hydrogens is 352 g/mol. The number of thioether (sulfide) groups is 1. The Morgan fingerprint density at radius 1 is 1.27 bits per heavy atom. The number of hydrazone groups is 1. The quantitative estimate of drug-likeness (QED) is 0.268. The lowest BCUT2D eigenvalue weighted by molar-refractivity contribution is -0.118. The predicted molar refractivity (Wildman–Crippen MR) is 102 cm³/mol. The van der Waals surface area contributed by atoms with E-state index in [9.17, 15) is 15.0 Å². The fraction of sp³-hybridized carbons (Fsp3) is 0.167. The monoisotopic (exact) mass is 370 g/mol. The molecule has 0 aliphatic rings. The maximum atomic E-state index is 12.0. The largest absolute Gasteiger partial charge is 0.504 e. The number of aromatic hydroxyl groups is 2. The summed E-state index contributed by atoms with van der Waals surface area (Å²) in [7, 11) is 0. The summed E-state index contributed by atoms with van der Waals surface area (Å²) < 4.78 is 2.07. The summed E-state index contributed by atoms with van der Waals surface area (Å²) in [5.41, 5.74) is 4.94. The zero-order valence-electron chi connectivity index (χ0n) is 14.1. The molecule has 0 radical (unpaired) electrons. The Balaban J connectivity index is 1.59. The molecule has 2 aromatic carbocycles. The average Bonchev–Trinajstić information content (AvgIpc) is 3.00. The third-order valence-electron chi connectivity index (χ3n) is 3.67. The molecule has 1 aromatic heterocycles. The first-order valence-electron chi connectivity index (χ1n) is 8.00. The van der Waals surface area contributed by atoms with Crippen LogP contribution in [0, 0.1) is 0 Å². The molecule has 1 heterocycles. The van der Waals surface area contributed by atoms with Crippen LogP contribution in [0.15, 0.2) is 52.7 Å². The lowest BCUT2D eigenvalue weighted by Crippen LogP contribution is -2.20. The Labute approximate surface area is 154 Å². The number of rotatable bonds is 6. The molecule has 0 saturated carbocycles. The van der Waals surface area contributed by atoms with Crippen molar-refractivity contribution >= 4 is 34.9 Å². The fourth-order valence-electron chi connectivity index (χ4n) is 2.43. The van der Waals surface area contributed by atoms with Gasteiger partial charge < -0.3 is 14.8 Å². The molecule has 0 fully saturated rings. The maximum absolute atomic E-state index is 12.0. The normalized spacial score (nSPS) is 11.3. The van der Waals surface area contributed by atoms with Gasteiger partial charge in [0.1, 0.15) is 0 Å². The molecule has 3 rings (SSSR count). The van der Waals surface area contributed by atoms with Crippen molar-refractivity contribution in [3.8, 4) is 11.5 Å². The van der Waals surface area contributed by atoms with Crippen LogP contribution < -0.4 is 5.43 Å². The lowest BCUT2D eigenvalue weighted by atomic mass is 10.2. The van der Waals surface area contributed by atoms with E-state index in [1.807, 2.05) is 31.2 Å². The molecule has 0 spiro atoms. The number of phenols is 2. The molecule has 0 saturated heterocycles. The molecule has 26 heavy (non-hydrogen) atoms. The highest BCUT2D eigenvalue weighted by Gasteiger charge is 2.11. The molecule has 3 aromatic rings. The molecule has 8 heteroatoms. The van der Waals surface area contributed by atoms with Crippen LogP contribution in [-0.2, 0) is 11.3 Å². The van der Waals surface area contributed by atoms with Crippen molar-refractivity contribution in [2.75, 3.05) is 5.75 Å². The van der Waals surface area contributed by atoms with Gasteiger partial charge >= 0.3 is 0 Å². The number of aryl methyl sites for hydroxylation is 1. The summed E-state index contributed by atoms with van der Waals surface area (Å²) in [5, 5.41) is 23.3. The van der Waals surface area contributed by atoms with Gasteiger partial charge in [0, 0.05) is 6.54 Å². The van der Waals surface area contributed by atoms with E-state index in [0.29, 0.717) is 5.56 Å². The zero-order chi connectivity index (χ0) is 18.5. The van der Waals surface area contributed by atoms with Crippen LogP contribution in [0.5, 0.6) is 11.5 Å². The highest BCUT2D eigenvalue weighted by Crippen LogP contribution is 2.24. The van der Waals surface area contributed by atoms with Crippen LogP contribution in [0.4, 0.5) is 0 Å². The van der Waals surface area contributed by atoms with Crippen molar-refractivity contribution in [3.63, 3.8) is 0 Å². The number of amides is 1. The van der Waals surface area contributed by atoms with Gasteiger partial charge in [0.15, 0.2) is 16.7 Å². The van der Waals surface area contributed by atoms with Crippen molar-refractivity contribution in [1.82, 2.24) is 15.0 Å². The van der Waals surface area contributed by atoms with E-state index in [1.54, 1.807) is 6.07 Å². The van der Waals surface area contributed by atoms with Gasteiger partial charge in [-0.05, 0) is 42.8 Å². The standard InChI is InChI=1S/C18H18N4O3S/c1-2-22-14-6-4-3-5-13(14)20-18(22)26-11-17(25)21-19-10-12-7-8-15(23)16(24)9-12/h3-10,23-24H,2,11H2,1H3,(H,21,25)/b19-10+. The van der Waals surface area contributed by atoms with Crippen LogP contribution >= 0.6 is 11.8 Å². The van der Waals surface area contributed by atoms with E-state index in [1.165, 1.54) is 30.1 Å². The first kappa shape index (κ1) is 17.8. The van der Waals surface area contributed by atoms with Crippen molar-refractivity contribution in [1.29, 1.82) is 0 Å². The minimum Gasteiger partial charge on any atom is -0.504 e. The number of fused-ring (bicyclic) bond motifs is 1. The summed E-state index contributed by atoms with van der Waals surface area (Å²) in [4.78, 5) is 16.5. The smallest absolute Gasteiger partial charge is 0.250 e. The average molecular weight is 370 g/mol. The number of carbonyl (C=O) groups is 1. The predicted octanol–water partition coefficient (Wildman–Crippen LogP) is 2.71. The summed E-state index contributed by atoms with van der Waals surface area (Å²) >= 11 is 1.35. The number of para-hydroxylation sites is 2. The van der Waals surface area contributed by atoms with Gasteiger partial charge in [-0.1, -0.05) is 23.9 Å². The summed E-state index contributed by atoms with van der Waals surface area (Å²) in [5.74, 6) is -0.527. The first-order chi connectivity index (χ1) is 12.6. The van der Waals surface area contributed by atoms with Gasteiger partial charge in [0.25, 0.3) is 5.91 Å². The highest BCUT2D eigenvalue weighted by molar-refractivity contribution is 7.99. The Morgan fingerprint density at radius 2 is 2.08 bits per heavy atom. The van der Waals surface area contributed by atoms with Crippen LogP contribution in [-0.4, -0.2) is 37.6 Å². The molecule has 7 nitrogen and oxygen atoms in total. The molecular formula is C18H18N4O3S. The van der Waals surface area contributed by atoms with Gasteiger partial charge in [0.2, 0.25) is 0 Å². The molecule has 3 N–H and O–H groups in total. The van der Waals surface area contributed by atoms with Crippen LogP contribution in [0.25, 0.3) is 11.0 Å². The second kappa shape index (κ2) is 7.92. The SMILES string of the molecule is CCn1c(SCC(=O)N/N=C/c2ccc(O)c(O)c2)nc2ccccc21. The number of nitrogens with one attached hydrogen (secondary N) is 1. The Morgan fingerprint density at radius 3 is 2.85 bits per heavy atom. The molecule has 134 valence electrons. The van der Waals surface area contributed by atoms with Gasteiger partial charge in [0.05, 0.1) is 23.0 Å². The van der Waals surface area contributed by atoms with Crippen molar-refractivity contribution < 1.29 is 15.0 Å². The topological polar surface area (TPSA) is 99.7 Å². The minimum atomic E-state index is -0.260. The lowest BCUT2D eigenvalue weighted by Gasteiger charge is -2.05. The number of phenolic OH excluding ortho intramolecular Hbond substituents is 2. The Kier molecular flexibility index (Phi) is 5.43. The Bertz CT molecular complexity index is 968. The van der Waals surface area contributed by atoms with E-state index < -0.39 is 0 Å². The number of benzene rings is 2. The number of nitrogens with zero attached hydrogens (tertiary/aromatic N) is 3. The van der Waals surface area contributed by atoms with E-state index in [2.05, 4.69) is 20.1 Å². The Hall–Kier alpha value is -3.00. The highest BCUT2D eigenvalue weighted by atomic mass is 32.2. The molecule has 0 aliphatic heterocycles. The summed E-state index contributed by atoms with van der Waals surface area (Å²) in [6, 6.07) is 12.1. The van der Waals surface area contributed by atoms with Crippen molar-refractivity contribution in [2.24, 2.45) is 5.10 Å². The van der Waals surface area contributed by atoms with Crippen LogP contribution in [0.3, 0.4) is 0 Å².